The molecular weight excluding hydrogens is 306 g/mol. The van der Waals surface area contributed by atoms with Gasteiger partial charge in [-0.05, 0) is 28.8 Å². The Morgan fingerprint density at radius 3 is 2.58 bits per heavy atom. The molecule has 0 aliphatic heterocycles. The summed E-state index contributed by atoms with van der Waals surface area (Å²) in [6.07, 6.45) is 3.03. The molecule has 5 heteroatoms. The number of amides is 1. The van der Waals surface area contributed by atoms with Gasteiger partial charge in [0.15, 0.2) is 6.04 Å². The summed E-state index contributed by atoms with van der Waals surface area (Å²) in [6, 6.07) is 12.0. The van der Waals surface area contributed by atoms with E-state index in [9.17, 15) is 14.7 Å². The van der Waals surface area contributed by atoms with E-state index in [4.69, 9.17) is 4.74 Å². The van der Waals surface area contributed by atoms with E-state index in [1.54, 1.807) is 12.1 Å². The monoisotopic (exact) mass is 329 g/mol. The van der Waals surface area contributed by atoms with Crippen molar-refractivity contribution in [3.63, 3.8) is 0 Å². The fourth-order valence-electron chi connectivity index (χ4n) is 2.50. The predicted octanol–water partition coefficient (Wildman–Crippen LogP) is 3.29. The van der Waals surface area contributed by atoms with Crippen LogP contribution in [0, 0.1) is 0 Å². The molecule has 0 bridgehead atoms. The topological polar surface area (TPSA) is 75.6 Å². The standard InChI is InChI=1S/C19H23NO4/c1-2-3-6-11-24-13-17(21)20-18(19(22)23)16-10-9-14-7-4-5-8-15(14)12-16/h4-5,7-10,12,18H,2-3,6,11,13H2,1H3,(H,20,21)(H,22,23). The molecule has 2 N–H and O–H groups in total. The summed E-state index contributed by atoms with van der Waals surface area (Å²) < 4.78 is 5.28. The van der Waals surface area contributed by atoms with Crippen molar-refractivity contribution in [3.05, 3.63) is 48.0 Å². The van der Waals surface area contributed by atoms with Crippen molar-refractivity contribution in [3.8, 4) is 0 Å². The van der Waals surface area contributed by atoms with Crippen LogP contribution in [-0.2, 0) is 14.3 Å². The lowest BCUT2D eigenvalue weighted by molar-refractivity contribution is -0.142. The third-order valence-electron chi connectivity index (χ3n) is 3.78. The molecule has 0 aliphatic rings. The molecule has 0 saturated carbocycles. The number of ether oxygens (including phenoxy) is 1. The average Bonchev–Trinajstić information content (AvgIpc) is 2.59. The van der Waals surface area contributed by atoms with Gasteiger partial charge in [-0.25, -0.2) is 4.79 Å². The summed E-state index contributed by atoms with van der Waals surface area (Å²) in [7, 11) is 0. The first-order chi connectivity index (χ1) is 11.6. The lowest BCUT2D eigenvalue weighted by atomic mass is 10.0. The predicted molar refractivity (Wildman–Crippen MR) is 92.8 cm³/mol. The Hall–Kier alpha value is -2.40. The Morgan fingerprint density at radius 1 is 1.12 bits per heavy atom. The van der Waals surface area contributed by atoms with Gasteiger partial charge in [-0.1, -0.05) is 56.2 Å². The fraction of sp³-hybridized carbons (Fsp3) is 0.368. The van der Waals surface area contributed by atoms with Crippen LogP contribution in [0.2, 0.25) is 0 Å². The summed E-state index contributed by atoms with van der Waals surface area (Å²) >= 11 is 0. The molecule has 2 aromatic rings. The highest BCUT2D eigenvalue weighted by Crippen LogP contribution is 2.20. The van der Waals surface area contributed by atoms with Gasteiger partial charge in [0.2, 0.25) is 5.91 Å². The van der Waals surface area contributed by atoms with E-state index >= 15 is 0 Å². The van der Waals surface area contributed by atoms with Gasteiger partial charge >= 0.3 is 5.97 Å². The van der Waals surface area contributed by atoms with Crippen molar-refractivity contribution < 1.29 is 19.4 Å². The molecule has 2 aromatic carbocycles. The Kier molecular flexibility index (Phi) is 6.75. The smallest absolute Gasteiger partial charge is 0.330 e. The summed E-state index contributed by atoms with van der Waals surface area (Å²) in [5.74, 6) is -1.52. The number of hydrogen-bond donors (Lipinski definition) is 2. The second-order valence-corrected chi connectivity index (χ2v) is 5.71. The average molecular weight is 329 g/mol. The molecule has 1 unspecified atom stereocenters. The minimum atomic E-state index is -1.09. The van der Waals surface area contributed by atoms with Gasteiger partial charge in [-0.3, -0.25) is 4.79 Å². The van der Waals surface area contributed by atoms with Crippen molar-refractivity contribution in [2.45, 2.75) is 32.2 Å². The van der Waals surface area contributed by atoms with E-state index in [0.29, 0.717) is 12.2 Å². The van der Waals surface area contributed by atoms with E-state index in [1.165, 1.54) is 0 Å². The van der Waals surface area contributed by atoms with Gasteiger partial charge in [0.25, 0.3) is 0 Å². The Labute approximate surface area is 141 Å². The minimum Gasteiger partial charge on any atom is -0.479 e. The van der Waals surface area contributed by atoms with Crippen molar-refractivity contribution in [1.29, 1.82) is 0 Å². The van der Waals surface area contributed by atoms with Crippen LogP contribution in [0.5, 0.6) is 0 Å². The van der Waals surface area contributed by atoms with E-state index in [1.807, 2.05) is 30.3 Å². The van der Waals surface area contributed by atoms with Gasteiger partial charge in [0.1, 0.15) is 6.61 Å². The molecule has 5 nitrogen and oxygen atoms in total. The third kappa shape index (κ3) is 5.06. The molecule has 1 amide bonds. The summed E-state index contributed by atoms with van der Waals surface area (Å²) in [5, 5.41) is 13.9. The number of unbranched alkanes of at least 4 members (excludes halogenated alkanes) is 2. The molecule has 0 heterocycles. The fourth-order valence-corrected chi connectivity index (χ4v) is 2.50. The van der Waals surface area contributed by atoms with Crippen molar-refractivity contribution in [2.75, 3.05) is 13.2 Å². The summed E-state index contributed by atoms with van der Waals surface area (Å²) in [4.78, 5) is 23.5. The molecular formula is C19H23NO4. The Bertz CT molecular complexity index is 699. The van der Waals surface area contributed by atoms with Crippen LogP contribution in [0.1, 0.15) is 37.8 Å². The Balaban J connectivity index is 2.00. The van der Waals surface area contributed by atoms with Crippen molar-refractivity contribution in [1.82, 2.24) is 5.32 Å². The molecule has 0 aromatic heterocycles. The number of carboxylic acid groups (broad SMARTS) is 1. The molecule has 2 rings (SSSR count). The number of fused-ring (bicyclic) bond motifs is 1. The minimum absolute atomic E-state index is 0.124. The molecule has 1 atom stereocenters. The first-order valence-corrected chi connectivity index (χ1v) is 8.20. The normalized spacial score (nSPS) is 12.0. The lowest BCUT2D eigenvalue weighted by Gasteiger charge is -2.15. The molecule has 0 radical (unpaired) electrons. The number of carbonyl (C=O) groups excluding carboxylic acids is 1. The highest BCUT2D eigenvalue weighted by Gasteiger charge is 2.22. The van der Waals surface area contributed by atoms with E-state index in [-0.39, 0.29) is 6.61 Å². The molecule has 0 fully saturated rings. The van der Waals surface area contributed by atoms with Crippen molar-refractivity contribution in [2.24, 2.45) is 0 Å². The number of benzene rings is 2. The first kappa shape index (κ1) is 17.9. The highest BCUT2D eigenvalue weighted by atomic mass is 16.5. The van der Waals surface area contributed by atoms with Crippen LogP contribution in [0.15, 0.2) is 42.5 Å². The molecule has 0 spiro atoms. The van der Waals surface area contributed by atoms with Gasteiger partial charge < -0.3 is 15.2 Å². The lowest BCUT2D eigenvalue weighted by Crippen LogP contribution is -2.36. The van der Waals surface area contributed by atoms with Crippen LogP contribution in [-0.4, -0.2) is 30.2 Å². The van der Waals surface area contributed by atoms with Crippen LogP contribution in [0.25, 0.3) is 10.8 Å². The second-order valence-electron chi connectivity index (χ2n) is 5.71. The number of rotatable bonds is 9. The quantitative estimate of drug-likeness (QED) is 0.692. The number of aliphatic carboxylic acids is 1. The number of carboxylic acids is 1. The van der Waals surface area contributed by atoms with Crippen LogP contribution in [0.4, 0.5) is 0 Å². The van der Waals surface area contributed by atoms with E-state index < -0.39 is 17.9 Å². The number of carbonyl (C=O) groups is 2. The molecule has 24 heavy (non-hydrogen) atoms. The highest BCUT2D eigenvalue weighted by molar-refractivity contribution is 5.88. The van der Waals surface area contributed by atoms with Crippen LogP contribution < -0.4 is 5.32 Å². The zero-order valence-corrected chi connectivity index (χ0v) is 13.8. The summed E-state index contributed by atoms with van der Waals surface area (Å²) in [6.45, 7) is 2.48. The van der Waals surface area contributed by atoms with E-state index in [2.05, 4.69) is 12.2 Å². The summed E-state index contributed by atoms with van der Waals surface area (Å²) in [5.41, 5.74) is 0.542. The maximum atomic E-state index is 11.9. The van der Waals surface area contributed by atoms with Crippen LogP contribution in [0.3, 0.4) is 0 Å². The first-order valence-electron chi connectivity index (χ1n) is 8.20. The zero-order valence-electron chi connectivity index (χ0n) is 13.8. The van der Waals surface area contributed by atoms with Gasteiger partial charge in [-0.15, -0.1) is 0 Å². The van der Waals surface area contributed by atoms with Crippen molar-refractivity contribution >= 4 is 22.6 Å². The van der Waals surface area contributed by atoms with Gasteiger partial charge in [-0.2, -0.15) is 0 Å². The van der Waals surface area contributed by atoms with Gasteiger partial charge in [0.05, 0.1) is 0 Å². The van der Waals surface area contributed by atoms with Gasteiger partial charge in [0, 0.05) is 6.61 Å². The molecule has 0 saturated heterocycles. The SMILES string of the molecule is CCCCCOCC(=O)NC(C(=O)O)c1ccc2ccccc2c1. The maximum absolute atomic E-state index is 11.9. The van der Waals surface area contributed by atoms with Crippen LogP contribution >= 0.6 is 0 Å². The Morgan fingerprint density at radius 2 is 1.88 bits per heavy atom. The third-order valence-corrected chi connectivity index (χ3v) is 3.78. The zero-order chi connectivity index (χ0) is 17.4. The largest absolute Gasteiger partial charge is 0.479 e. The number of hydrogen-bond acceptors (Lipinski definition) is 3. The molecule has 0 aliphatic carbocycles. The second kappa shape index (κ2) is 9.03. The molecule has 128 valence electrons. The maximum Gasteiger partial charge on any atom is 0.330 e. The number of nitrogens with one attached hydrogen (secondary N) is 1. The van der Waals surface area contributed by atoms with E-state index in [0.717, 1.165) is 30.0 Å².